The number of halogens is 1. The van der Waals surface area contributed by atoms with Crippen LogP contribution in [0.4, 0.5) is 17.1 Å². The lowest BCUT2D eigenvalue weighted by molar-refractivity contribution is 0.415. The van der Waals surface area contributed by atoms with Crippen molar-refractivity contribution in [3.05, 3.63) is 48.5 Å². The molecular formula is C16H17BrN2O3S. The van der Waals surface area contributed by atoms with E-state index in [1.165, 1.54) is 8.61 Å². The van der Waals surface area contributed by atoms with Gasteiger partial charge < -0.3 is 4.74 Å². The van der Waals surface area contributed by atoms with Crippen LogP contribution in [-0.4, -0.2) is 27.4 Å². The quantitative estimate of drug-likeness (QED) is 0.724. The molecule has 0 radical (unpaired) electrons. The second-order valence-corrected chi connectivity index (χ2v) is 7.57. The Morgan fingerprint density at radius 1 is 1.04 bits per heavy atom. The monoisotopic (exact) mass is 396 g/mol. The molecule has 0 aromatic heterocycles. The second kappa shape index (κ2) is 6.41. The minimum atomic E-state index is -3.63. The largest absolute Gasteiger partial charge is 0.497 e. The number of nitrogens with zero attached hydrogens (tertiary/aromatic N) is 2. The number of ether oxygens (including phenoxy) is 1. The molecule has 0 fully saturated rings. The van der Waals surface area contributed by atoms with E-state index in [1.54, 1.807) is 31.4 Å². The van der Waals surface area contributed by atoms with Gasteiger partial charge >= 0.3 is 10.2 Å². The van der Waals surface area contributed by atoms with E-state index in [-0.39, 0.29) is 0 Å². The second-order valence-electron chi connectivity index (χ2n) is 5.07. The Bertz CT molecular complexity index is 793. The molecule has 1 aliphatic heterocycles. The number of para-hydroxylation sites is 2. The van der Waals surface area contributed by atoms with Crippen LogP contribution in [0.5, 0.6) is 5.75 Å². The van der Waals surface area contributed by atoms with Crippen molar-refractivity contribution in [1.82, 2.24) is 0 Å². The zero-order valence-electron chi connectivity index (χ0n) is 12.6. The standard InChI is InChI=1S/C16H17BrN2O3S/c1-22-14-9-7-13(8-10-14)19-16-6-3-2-5-15(16)18(12-4-11-17)23(19,20)21/h2-3,5-10H,4,11-12H2,1H3. The van der Waals surface area contributed by atoms with E-state index in [0.29, 0.717) is 29.4 Å². The summed E-state index contributed by atoms with van der Waals surface area (Å²) in [5, 5.41) is 0.754. The molecular weight excluding hydrogens is 380 g/mol. The summed E-state index contributed by atoms with van der Waals surface area (Å²) in [4.78, 5) is 0. The summed E-state index contributed by atoms with van der Waals surface area (Å²) in [6.07, 6.45) is 0.740. The highest BCUT2D eigenvalue weighted by molar-refractivity contribution is 9.09. The van der Waals surface area contributed by atoms with Gasteiger partial charge in [-0.1, -0.05) is 28.1 Å². The summed E-state index contributed by atoms with van der Waals surface area (Å²) in [5.74, 6) is 0.690. The van der Waals surface area contributed by atoms with Gasteiger partial charge in [0.05, 0.1) is 24.2 Å². The molecule has 0 saturated heterocycles. The highest BCUT2D eigenvalue weighted by Crippen LogP contribution is 2.45. The van der Waals surface area contributed by atoms with Crippen LogP contribution in [0.25, 0.3) is 0 Å². The Labute approximate surface area is 144 Å². The lowest BCUT2D eigenvalue weighted by Gasteiger charge is -2.21. The fourth-order valence-electron chi connectivity index (χ4n) is 2.62. The normalized spacial score (nSPS) is 15.6. The van der Waals surface area contributed by atoms with Crippen molar-refractivity contribution in [3.63, 3.8) is 0 Å². The number of methoxy groups -OCH3 is 1. The van der Waals surface area contributed by atoms with Crippen LogP contribution in [-0.2, 0) is 10.2 Å². The highest BCUT2D eigenvalue weighted by atomic mass is 79.9. The van der Waals surface area contributed by atoms with Crippen LogP contribution >= 0.6 is 15.9 Å². The first-order chi connectivity index (χ1) is 11.1. The number of hydrogen-bond donors (Lipinski definition) is 0. The summed E-state index contributed by atoms with van der Waals surface area (Å²) in [5.41, 5.74) is 1.98. The lowest BCUT2D eigenvalue weighted by atomic mass is 10.2. The molecule has 0 unspecified atom stereocenters. The lowest BCUT2D eigenvalue weighted by Crippen LogP contribution is -2.36. The van der Waals surface area contributed by atoms with Crippen molar-refractivity contribution >= 4 is 43.2 Å². The summed E-state index contributed by atoms with van der Waals surface area (Å²) < 4.78 is 34.0. The van der Waals surface area contributed by atoms with Crippen molar-refractivity contribution in [2.75, 3.05) is 27.6 Å². The van der Waals surface area contributed by atoms with Gasteiger partial charge in [0.1, 0.15) is 5.75 Å². The van der Waals surface area contributed by atoms with Gasteiger partial charge in [-0.3, -0.25) is 4.31 Å². The topological polar surface area (TPSA) is 49.9 Å². The predicted octanol–water partition coefficient (Wildman–Crippen LogP) is 3.68. The Kier molecular flexibility index (Phi) is 4.50. The van der Waals surface area contributed by atoms with E-state index < -0.39 is 10.2 Å². The minimum Gasteiger partial charge on any atom is -0.497 e. The van der Waals surface area contributed by atoms with E-state index in [4.69, 9.17) is 4.74 Å². The summed E-state index contributed by atoms with van der Waals surface area (Å²) in [6, 6.07) is 14.4. The van der Waals surface area contributed by atoms with Crippen LogP contribution in [0.1, 0.15) is 6.42 Å². The van der Waals surface area contributed by atoms with Crippen LogP contribution < -0.4 is 13.3 Å². The predicted molar refractivity (Wildman–Crippen MR) is 96.3 cm³/mol. The van der Waals surface area contributed by atoms with E-state index in [9.17, 15) is 8.42 Å². The van der Waals surface area contributed by atoms with Crippen LogP contribution in [0.15, 0.2) is 48.5 Å². The first kappa shape index (κ1) is 16.1. The number of anilines is 3. The van der Waals surface area contributed by atoms with Gasteiger partial charge in [-0.05, 0) is 42.8 Å². The molecule has 3 rings (SSSR count). The number of alkyl halides is 1. The summed E-state index contributed by atoms with van der Waals surface area (Å²) in [7, 11) is -2.04. The molecule has 0 amide bonds. The highest BCUT2D eigenvalue weighted by Gasteiger charge is 2.40. The Hall–Kier alpha value is -1.73. The van der Waals surface area contributed by atoms with Crippen LogP contribution in [0, 0.1) is 0 Å². The fourth-order valence-corrected chi connectivity index (χ4v) is 4.62. The van der Waals surface area contributed by atoms with E-state index >= 15 is 0 Å². The van der Waals surface area contributed by atoms with Gasteiger partial charge in [0.2, 0.25) is 0 Å². The average molecular weight is 397 g/mol. The Morgan fingerprint density at radius 3 is 2.30 bits per heavy atom. The molecule has 2 aromatic rings. The average Bonchev–Trinajstić information content (AvgIpc) is 2.79. The molecule has 0 atom stereocenters. The van der Waals surface area contributed by atoms with Gasteiger partial charge in [0.15, 0.2) is 0 Å². The zero-order chi connectivity index (χ0) is 16.4. The van der Waals surface area contributed by atoms with E-state index in [0.717, 1.165) is 11.8 Å². The SMILES string of the molecule is COc1ccc(N2c3ccccc3N(CCCBr)S2(=O)=O)cc1. The Morgan fingerprint density at radius 2 is 1.70 bits per heavy atom. The van der Waals surface area contributed by atoms with E-state index in [2.05, 4.69) is 15.9 Å². The molecule has 0 bridgehead atoms. The first-order valence-electron chi connectivity index (χ1n) is 7.21. The smallest absolute Gasteiger partial charge is 0.330 e. The van der Waals surface area contributed by atoms with Gasteiger partial charge in [-0.15, -0.1) is 0 Å². The van der Waals surface area contributed by atoms with Gasteiger partial charge in [-0.25, -0.2) is 4.31 Å². The molecule has 7 heteroatoms. The van der Waals surface area contributed by atoms with Crippen molar-refractivity contribution in [2.24, 2.45) is 0 Å². The fraction of sp³-hybridized carbons (Fsp3) is 0.250. The summed E-state index contributed by atoms with van der Waals surface area (Å²) >= 11 is 3.36. The third-order valence-electron chi connectivity index (χ3n) is 3.68. The van der Waals surface area contributed by atoms with Crippen molar-refractivity contribution in [3.8, 4) is 5.75 Å². The maximum absolute atomic E-state index is 13.0. The van der Waals surface area contributed by atoms with Gasteiger partial charge in [0, 0.05) is 11.9 Å². The van der Waals surface area contributed by atoms with Gasteiger partial charge in [-0.2, -0.15) is 8.42 Å². The van der Waals surface area contributed by atoms with Crippen LogP contribution in [0.3, 0.4) is 0 Å². The van der Waals surface area contributed by atoms with Crippen LogP contribution in [0.2, 0.25) is 0 Å². The third-order valence-corrected chi connectivity index (χ3v) is 6.05. The number of hydrogen-bond acceptors (Lipinski definition) is 3. The van der Waals surface area contributed by atoms with Crippen molar-refractivity contribution in [2.45, 2.75) is 6.42 Å². The Balaban J connectivity index is 2.08. The molecule has 23 heavy (non-hydrogen) atoms. The molecule has 0 spiro atoms. The maximum atomic E-state index is 13.0. The molecule has 1 aliphatic rings. The van der Waals surface area contributed by atoms with Gasteiger partial charge in [0.25, 0.3) is 0 Å². The molecule has 2 aromatic carbocycles. The molecule has 0 N–H and O–H groups in total. The molecule has 122 valence electrons. The van der Waals surface area contributed by atoms with Crippen molar-refractivity contribution in [1.29, 1.82) is 0 Å². The third kappa shape index (κ3) is 2.79. The zero-order valence-corrected chi connectivity index (χ0v) is 15.0. The number of rotatable bonds is 5. The van der Waals surface area contributed by atoms with Crippen molar-refractivity contribution < 1.29 is 13.2 Å². The summed E-state index contributed by atoms with van der Waals surface area (Å²) in [6.45, 7) is 0.442. The minimum absolute atomic E-state index is 0.442. The molecule has 0 saturated carbocycles. The number of benzene rings is 2. The molecule has 5 nitrogen and oxygen atoms in total. The number of fused-ring (bicyclic) bond motifs is 1. The maximum Gasteiger partial charge on any atom is 0.330 e. The molecule has 1 heterocycles. The molecule has 0 aliphatic carbocycles. The van der Waals surface area contributed by atoms with E-state index in [1.807, 2.05) is 24.3 Å². The first-order valence-corrected chi connectivity index (χ1v) is 9.73.